The van der Waals surface area contributed by atoms with Crippen LogP contribution in [0.2, 0.25) is 0 Å². The molecule has 0 aliphatic heterocycles. The SMILES string of the molecule is CCCCCCCCCCCCCCCCCC(=O)O.O=C(O)CC(C(=O)O)C(O)C(=O)O. The molecule has 0 saturated heterocycles. The summed E-state index contributed by atoms with van der Waals surface area (Å²) >= 11 is 0. The molecule has 2 atom stereocenters. The summed E-state index contributed by atoms with van der Waals surface area (Å²) in [4.78, 5) is 40.8. The van der Waals surface area contributed by atoms with E-state index < -0.39 is 42.3 Å². The molecule has 0 aromatic heterocycles. The molecule has 0 aromatic carbocycles. The van der Waals surface area contributed by atoms with Crippen molar-refractivity contribution in [2.75, 3.05) is 0 Å². The van der Waals surface area contributed by atoms with Crippen LogP contribution in [0.15, 0.2) is 0 Å². The minimum Gasteiger partial charge on any atom is -0.481 e. The van der Waals surface area contributed by atoms with Crippen LogP contribution in [0.3, 0.4) is 0 Å². The Hall–Kier alpha value is -2.16. The summed E-state index contributed by atoms with van der Waals surface area (Å²) in [5, 5.41) is 42.0. The quantitative estimate of drug-likeness (QED) is 0.144. The highest BCUT2D eigenvalue weighted by atomic mass is 16.4. The van der Waals surface area contributed by atoms with Crippen LogP contribution < -0.4 is 0 Å². The van der Waals surface area contributed by atoms with E-state index in [9.17, 15) is 19.2 Å². The first-order valence-electron chi connectivity index (χ1n) is 12.2. The van der Waals surface area contributed by atoms with E-state index in [0.29, 0.717) is 6.42 Å². The minimum absolute atomic E-state index is 0.345. The molecule has 0 radical (unpaired) electrons. The first kappa shape index (κ1) is 33.0. The molecule has 0 fully saturated rings. The van der Waals surface area contributed by atoms with Crippen LogP contribution in [0.1, 0.15) is 116 Å². The lowest BCUT2D eigenvalue weighted by Crippen LogP contribution is -2.36. The summed E-state index contributed by atoms with van der Waals surface area (Å²) in [6.45, 7) is 2.27. The average Bonchev–Trinajstić information content (AvgIpc) is 2.74. The van der Waals surface area contributed by atoms with Crippen molar-refractivity contribution in [3.05, 3.63) is 0 Å². The van der Waals surface area contributed by atoms with Gasteiger partial charge in [0.1, 0.15) is 5.92 Å². The summed E-state index contributed by atoms with van der Waals surface area (Å²) in [5.41, 5.74) is 0. The molecular formula is C24H44O9. The maximum atomic E-state index is 10.3. The topological polar surface area (TPSA) is 169 Å². The number of aliphatic hydroxyl groups is 1. The van der Waals surface area contributed by atoms with Crippen molar-refractivity contribution in [1.82, 2.24) is 0 Å². The molecule has 0 heterocycles. The van der Waals surface area contributed by atoms with Gasteiger partial charge >= 0.3 is 23.9 Å². The van der Waals surface area contributed by atoms with Crippen LogP contribution in [0.4, 0.5) is 0 Å². The molecule has 0 bridgehead atoms. The summed E-state index contributed by atoms with van der Waals surface area (Å²) in [6.07, 6.45) is 17.1. The lowest BCUT2D eigenvalue weighted by molar-refractivity contribution is -0.162. The first-order chi connectivity index (χ1) is 15.6. The summed E-state index contributed by atoms with van der Waals surface area (Å²) in [6, 6.07) is 0. The molecule has 0 spiro atoms. The molecule has 0 aliphatic carbocycles. The third-order valence-corrected chi connectivity index (χ3v) is 5.34. The fourth-order valence-corrected chi connectivity index (χ4v) is 3.34. The molecule has 9 nitrogen and oxygen atoms in total. The third kappa shape index (κ3) is 24.3. The Kier molecular flexibility index (Phi) is 23.0. The van der Waals surface area contributed by atoms with E-state index >= 15 is 0 Å². The fourth-order valence-electron chi connectivity index (χ4n) is 3.34. The van der Waals surface area contributed by atoms with Crippen molar-refractivity contribution >= 4 is 23.9 Å². The van der Waals surface area contributed by atoms with Gasteiger partial charge in [0.2, 0.25) is 0 Å². The third-order valence-electron chi connectivity index (χ3n) is 5.34. The van der Waals surface area contributed by atoms with Gasteiger partial charge in [0.15, 0.2) is 6.10 Å². The van der Waals surface area contributed by atoms with E-state index in [2.05, 4.69) is 6.92 Å². The molecule has 194 valence electrons. The maximum Gasteiger partial charge on any atom is 0.333 e. The predicted molar refractivity (Wildman–Crippen MR) is 124 cm³/mol. The van der Waals surface area contributed by atoms with Crippen LogP contribution >= 0.6 is 0 Å². The molecule has 2 unspecified atom stereocenters. The van der Waals surface area contributed by atoms with E-state index in [1.54, 1.807) is 0 Å². The highest BCUT2D eigenvalue weighted by Gasteiger charge is 2.33. The Morgan fingerprint density at radius 3 is 1.18 bits per heavy atom. The Morgan fingerprint density at radius 2 is 0.909 bits per heavy atom. The maximum absolute atomic E-state index is 10.3. The molecule has 0 amide bonds. The number of unbranched alkanes of at least 4 members (excludes halogenated alkanes) is 14. The first-order valence-corrected chi connectivity index (χ1v) is 12.2. The number of aliphatic carboxylic acids is 4. The van der Waals surface area contributed by atoms with Crippen LogP contribution in [0, 0.1) is 5.92 Å². The zero-order chi connectivity index (χ0) is 25.5. The number of carboxylic acids is 4. The van der Waals surface area contributed by atoms with Crippen molar-refractivity contribution in [1.29, 1.82) is 0 Å². The standard InChI is InChI=1S/C18H36O2.C6H8O7/c1-2-3-4-5-6-7-8-9-10-11-12-13-14-15-16-17-18(19)20;7-3(8)1-2(5(10)11)4(9)6(12)13/h2-17H2,1H3,(H,19,20);2,4,9H,1H2,(H,7,8)(H,10,11)(H,12,13). The largest absolute Gasteiger partial charge is 0.481 e. The lowest BCUT2D eigenvalue weighted by atomic mass is 9.99. The Bertz CT molecular complexity index is 534. The molecule has 0 aliphatic rings. The summed E-state index contributed by atoms with van der Waals surface area (Å²) < 4.78 is 0. The summed E-state index contributed by atoms with van der Waals surface area (Å²) in [7, 11) is 0. The molecule has 0 saturated carbocycles. The van der Waals surface area contributed by atoms with Gasteiger partial charge in [-0.05, 0) is 6.42 Å². The number of rotatable bonds is 21. The zero-order valence-electron chi connectivity index (χ0n) is 20.0. The van der Waals surface area contributed by atoms with E-state index in [4.69, 9.17) is 25.5 Å². The predicted octanol–water partition coefficient (Wildman–Crippen LogP) is 4.94. The lowest BCUT2D eigenvalue weighted by Gasteiger charge is -2.12. The number of carbonyl (C=O) groups is 4. The van der Waals surface area contributed by atoms with Crippen LogP contribution in [0.25, 0.3) is 0 Å². The van der Waals surface area contributed by atoms with Gasteiger partial charge in [-0.3, -0.25) is 14.4 Å². The monoisotopic (exact) mass is 476 g/mol. The smallest absolute Gasteiger partial charge is 0.333 e. The molecule has 5 N–H and O–H groups in total. The van der Waals surface area contributed by atoms with Gasteiger partial charge in [-0.2, -0.15) is 0 Å². The van der Waals surface area contributed by atoms with E-state index in [1.807, 2.05) is 0 Å². The van der Waals surface area contributed by atoms with Crippen molar-refractivity contribution < 1.29 is 44.7 Å². The van der Waals surface area contributed by atoms with Crippen molar-refractivity contribution in [2.24, 2.45) is 5.92 Å². The van der Waals surface area contributed by atoms with Crippen LogP contribution in [-0.2, 0) is 19.2 Å². The fraction of sp³-hybridized carbons (Fsp3) is 0.833. The van der Waals surface area contributed by atoms with E-state index in [0.717, 1.165) is 12.8 Å². The van der Waals surface area contributed by atoms with E-state index in [1.165, 1.54) is 83.5 Å². The van der Waals surface area contributed by atoms with Gasteiger partial charge in [0, 0.05) is 6.42 Å². The number of hydrogen-bond acceptors (Lipinski definition) is 5. The van der Waals surface area contributed by atoms with Crippen LogP contribution in [-0.4, -0.2) is 55.5 Å². The van der Waals surface area contributed by atoms with Gasteiger partial charge in [0.25, 0.3) is 0 Å². The minimum atomic E-state index is -2.20. The number of hydrogen-bond donors (Lipinski definition) is 5. The van der Waals surface area contributed by atoms with Crippen LogP contribution in [0.5, 0.6) is 0 Å². The van der Waals surface area contributed by atoms with Crippen molar-refractivity contribution in [3.8, 4) is 0 Å². The highest BCUT2D eigenvalue weighted by Crippen LogP contribution is 2.13. The zero-order valence-corrected chi connectivity index (χ0v) is 20.0. The molecule has 0 rings (SSSR count). The molecule has 33 heavy (non-hydrogen) atoms. The van der Waals surface area contributed by atoms with Crippen molar-refractivity contribution in [2.45, 2.75) is 122 Å². The van der Waals surface area contributed by atoms with Gasteiger partial charge in [-0.25, -0.2) is 4.79 Å². The van der Waals surface area contributed by atoms with Gasteiger partial charge in [0.05, 0.1) is 6.42 Å². The second-order valence-electron chi connectivity index (χ2n) is 8.42. The molecule has 0 aromatic rings. The molecular weight excluding hydrogens is 432 g/mol. The summed E-state index contributed by atoms with van der Waals surface area (Å²) in [5.74, 6) is -7.37. The Balaban J connectivity index is 0. The Morgan fingerprint density at radius 1 is 0.545 bits per heavy atom. The number of aliphatic hydroxyl groups excluding tert-OH is 1. The van der Waals surface area contributed by atoms with Gasteiger partial charge in [-0.15, -0.1) is 0 Å². The second-order valence-corrected chi connectivity index (χ2v) is 8.42. The van der Waals surface area contributed by atoms with Gasteiger partial charge < -0.3 is 25.5 Å². The number of carboxylic acid groups (broad SMARTS) is 4. The Labute approximate surface area is 197 Å². The van der Waals surface area contributed by atoms with Gasteiger partial charge in [-0.1, -0.05) is 96.8 Å². The van der Waals surface area contributed by atoms with E-state index in [-0.39, 0.29) is 0 Å². The normalized spacial score (nSPS) is 12.3. The average molecular weight is 477 g/mol. The molecule has 9 heteroatoms. The second kappa shape index (κ2) is 23.0. The highest BCUT2D eigenvalue weighted by molar-refractivity contribution is 5.85. The van der Waals surface area contributed by atoms with Crippen molar-refractivity contribution in [3.63, 3.8) is 0 Å².